The van der Waals surface area contributed by atoms with Gasteiger partial charge in [-0.1, -0.05) is 20.8 Å². The van der Waals surface area contributed by atoms with Crippen LogP contribution < -0.4 is 0 Å². The molecule has 0 heterocycles. The Labute approximate surface area is 200 Å². The molecule has 0 N–H and O–H groups in total. The molecule has 184 valence electrons. The highest BCUT2D eigenvalue weighted by Gasteiger charge is 2.63. The van der Waals surface area contributed by atoms with Crippen LogP contribution in [0.3, 0.4) is 0 Å². The van der Waals surface area contributed by atoms with Gasteiger partial charge in [-0.25, -0.2) is 0 Å². The van der Waals surface area contributed by atoms with Crippen LogP contribution in [0, 0.1) is 57.7 Å². The summed E-state index contributed by atoms with van der Waals surface area (Å²) in [7, 11) is 0. The summed E-state index contributed by atoms with van der Waals surface area (Å²) < 4.78 is 11.7. The number of esters is 2. The summed E-state index contributed by atoms with van der Waals surface area (Å²) in [6.07, 6.45) is 10.3. The van der Waals surface area contributed by atoms with Crippen LogP contribution in [0.25, 0.3) is 0 Å². The predicted octanol–water partition coefficient (Wildman–Crippen LogP) is 6.06. The fourth-order valence-electron chi connectivity index (χ4n) is 9.30. The second kappa shape index (κ2) is 9.23. The SMILES string of the molecule is CC(=O)O[C@@H]1CC[C@@]2(C)[C@@H](C1)C[C@@H](OC(C)=O)[C@@H]1[C@@H]2CC[C@]2(C)C([C@H](C)CCC#N)CC[C@@H]12. The molecule has 0 radical (unpaired) electrons. The molecule has 0 aliphatic heterocycles. The van der Waals surface area contributed by atoms with Gasteiger partial charge in [-0.2, -0.15) is 5.26 Å². The number of rotatable bonds is 5. The van der Waals surface area contributed by atoms with E-state index in [4.69, 9.17) is 14.7 Å². The van der Waals surface area contributed by atoms with Crippen molar-refractivity contribution in [2.75, 3.05) is 0 Å². The number of hydrogen-bond donors (Lipinski definition) is 0. The second-order valence-electron chi connectivity index (χ2n) is 12.3. The van der Waals surface area contributed by atoms with Gasteiger partial charge >= 0.3 is 11.9 Å². The van der Waals surface area contributed by atoms with Crippen LogP contribution in [0.4, 0.5) is 0 Å². The Hall–Kier alpha value is -1.57. The van der Waals surface area contributed by atoms with Gasteiger partial charge in [0.25, 0.3) is 0 Å². The largest absolute Gasteiger partial charge is 0.463 e. The minimum Gasteiger partial charge on any atom is -0.463 e. The molecule has 0 aromatic carbocycles. The van der Waals surface area contributed by atoms with Crippen LogP contribution >= 0.6 is 0 Å². The van der Waals surface area contributed by atoms with E-state index in [0.29, 0.717) is 41.9 Å². The molecule has 33 heavy (non-hydrogen) atoms. The number of nitrogens with zero attached hydrogens (tertiary/aromatic N) is 1. The zero-order valence-corrected chi connectivity index (χ0v) is 21.3. The quantitative estimate of drug-likeness (QED) is 0.469. The van der Waals surface area contributed by atoms with E-state index in [1.54, 1.807) is 6.92 Å². The molecule has 4 fully saturated rings. The molecule has 4 aliphatic rings. The molecule has 5 heteroatoms. The van der Waals surface area contributed by atoms with Gasteiger partial charge in [0.2, 0.25) is 0 Å². The average molecular weight is 458 g/mol. The van der Waals surface area contributed by atoms with Gasteiger partial charge in [0.1, 0.15) is 12.2 Å². The molecule has 4 rings (SSSR count). The molecule has 0 aromatic rings. The van der Waals surface area contributed by atoms with Crippen molar-refractivity contribution in [1.29, 1.82) is 5.26 Å². The van der Waals surface area contributed by atoms with Crippen molar-refractivity contribution in [3.8, 4) is 6.07 Å². The number of ether oxygens (including phenoxy) is 2. The zero-order valence-electron chi connectivity index (χ0n) is 21.3. The van der Waals surface area contributed by atoms with Gasteiger partial charge in [0, 0.05) is 26.2 Å². The molecule has 0 spiro atoms. The van der Waals surface area contributed by atoms with Gasteiger partial charge in [0.15, 0.2) is 0 Å². The van der Waals surface area contributed by atoms with Crippen molar-refractivity contribution in [1.82, 2.24) is 0 Å². The number of carbonyl (C=O) groups is 2. The Kier molecular flexibility index (Phi) is 6.87. The molecular weight excluding hydrogens is 414 g/mol. The van der Waals surface area contributed by atoms with Crippen molar-refractivity contribution in [3.05, 3.63) is 0 Å². The molecule has 0 aromatic heterocycles. The lowest BCUT2D eigenvalue weighted by Crippen LogP contribution is -2.59. The molecule has 0 amide bonds. The molecule has 4 saturated carbocycles. The van der Waals surface area contributed by atoms with Crippen LogP contribution in [0.15, 0.2) is 0 Å². The number of fused-ring (bicyclic) bond motifs is 5. The normalized spacial score (nSPS) is 45.0. The van der Waals surface area contributed by atoms with Gasteiger partial charge in [-0.15, -0.1) is 0 Å². The van der Waals surface area contributed by atoms with Gasteiger partial charge < -0.3 is 9.47 Å². The summed E-state index contributed by atoms with van der Waals surface area (Å²) >= 11 is 0. The fourth-order valence-corrected chi connectivity index (χ4v) is 9.30. The summed E-state index contributed by atoms with van der Waals surface area (Å²) in [5.74, 6) is 2.85. The van der Waals surface area contributed by atoms with Crippen LogP contribution in [-0.4, -0.2) is 24.1 Å². The first-order valence-electron chi connectivity index (χ1n) is 13.3. The molecule has 5 nitrogen and oxygen atoms in total. The molecule has 10 atom stereocenters. The summed E-state index contributed by atoms with van der Waals surface area (Å²) in [5, 5.41) is 9.11. The first-order chi connectivity index (χ1) is 15.6. The summed E-state index contributed by atoms with van der Waals surface area (Å²) in [5.41, 5.74) is 0.496. The lowest BCUT2D eigenvalue weighted by Gasteiger charge is -2.62. The summed E-state index contributed by atoms with van der Waals surface area (Å²) in [6.45, 7) is 10.4. The third kappa shape index (κ3) is 4.32. The number of hydrogen-bond acceptors (Lipinski definition) is 5. The Morgan fingerprint density at radius 2 is 1.64 bits per heavy atom. The van der Waals surface area contributed by atoms with E-state index in [-0.39, 0.29) is 35.0 Å². The Morgan fingerprint density at radius 1 is 0.970 bits per heavy atom. The molecule has 1 unspecified atom stereocenters. The summed E-state index contributed by atoms with van der Waals surface area (Å²) in [4.78, 5) is 23.8. The third-order valence-corrected chi connectivity index (χ3v) is 10.7. The topological polar surface area (TPSA) is 76.4 Å². The highest BCUT2D eigenvalue weighted by molar-refractivity contribution is 5.66. The maximum Gasteiger partial charge on any atom is 0.302 e. The maximum absolute atomic E-state index is 12.2. The zero-order chi connectivity index (χ0) is 24.0. The smallest absolute Gasteiger partial charge is 0.302 e. The monoisotopic (exact) mass is 457 g/mol. The van der Waals surface area contributed by atoms with E-state index < -0.39 is 0 Å². The van der Waals surface area contributed by atoms with E-state index in [1.165, 1.54) is 32.6 Å². The number of nitriles is 1. The molecule has 4 aliphatic carbocycles. The summed E-state index contributed by atoms with van der Waals surface area (Å²) in [6, 6.07) is 2.34. The van der Waals surface area contributed by atoms with Gasteiger partial charge in [0.05, 0.1) is 6.07 Å². The van der Waals surface area contributed by atoms with Crippen molar-refractivity contribution in [2.45, 2.75) is 111 Å². The van der Waals surface area contributed by atoms with E-state index in [9.17, 15) is 9.59 Å². The highest BCUT2D eigenvalue weighted by Crippen LogP contribution is 2.68. The minimum atomic E-state index is -0.190. The molecule has 0 saturated heterocycles. The molecule has 0 bridgehead atoms. The Bertz CT molecular complexity index is 804. The standard InChI is InChI=1S/C28H43NO4/c1-17(7-6-14-29)22-8-9-23-26-24(11-13-28(22,23)5)27(4)12-10-21(32-18(2)30)15-20(27)16-25(26)33-19(3)31/h17,20-26H,6-13,15-16H2,1-5H3/t17-,20+,21-,22?,23+,24+,25-,26+,27+,28-/m1/s1. The highest BCUT2D eigenvalue weighted by atomic mass is 16.5. The van der Waals surface area contributed by atoms with E-state index in [1.807, 2.05) is 0 Å². The Balaban J connectivity index is 1.61. The fraction of sp³-hybridized carbons (Fsp3) is 0.893. The van der Waals surface area contributed by atoms with E-state index in [0.717, 1.165) is 32.1 Å². The maximum atomic E-state index is 12.2. The van der Waals surface area contributed by atoms with Crippen molar-refractivity contribution >= 4 is 11.9 Å². The predicted molar refractivity (Wildman–Crippen MR) is 126 cm³/mol. The van der Waals surface area contributed by atoms with Crippen molar-refractivity contribution in [3.63, 3.8) is 0 Å². The van der Waals surface area contributed by atoms with Crippen LogP contribution in [0.5, 0.6) is 0 Å². The van der Waals surface area contributed by atoms with Crippen LogP contribution in [0.2, 0.25) is 0 Å². The van der Waals surface area contributed by atoms with Crippen LogP contribution in [-0.2, 0) is 19.1 Å². The minimum absolute atomic E-state index is 0.000745. The van der Waals surface area contributed by atoms with E-state index in [2.05, 4.69) is 26.8 Å². The Morgan fingerprint density at radius 3 is 2.30 bits per heavy atom. The molecular formula is C28H43NO4. The number of carbonyl (C=O) groups excluding carboxylic acids is 2. The average Bonchev–Trinajstić information content (AvgIpc) is 3.09. The van der Waals surface area contributed by atoms with Crippen molar-refractivity contribution < 1.29 is 19.1 Å². The van der Waals surface area contributed by atoms with Gasteiger partial charge in [-0.05, 0) is 98.2 Å². The van der Waals surface area contributed by atoms with Crippen LogP contribution in [0.1, 0.15) is 98.8 Å². The lowest BCUT2D eigenvalue weighted by molar-refractivity contribution is -0.197. The van der Waals surface area contributed by atoms with E-state index >= 15 is 0 Å². The van der Waals surface area contributed by atoms with Gasteiger partial charge in [-0.3, -0.25) is 9.59 Å². The van der Waals surface area contributed by atoms with Crippen molar-refractivity contribution in [2.24, 2.45) is 46.3 Å². The first-order valence-corrected chi connectivity index (χ1v) is 13.3. The second-order valence-corrected chi connectivity index (χ2v) is 12.3. The third-order valence-electron chi connectivity index (χ3n) is 10.7. The lowest BCUT2D eigenvalue weighted by atomic mass is 9.43. The first kappa shape index (κ1) is 24.6.